The summed E-state index contributed by atoms with van der Waals surface area (Å²) < 4.78 is 31.9. The fourth-order valence-electron chi connectivity index (χ4n) is 3.14. The topological polar surface area (TPSA) is 63.7 Å². The summed E-state index contributed by atoms with van der Waals surface area (Å²) in [5.74, 6) is 0.240. The predicted molar refractivity (Wildman–Crippen MR) is 90.1 cm³/mol. The molecule has 3 rings (SSSR count). The molecule has 126 valence electrons. The van der Waals surface area contributed by atoms with Crippen LogP contribution in [0.2, 0.25) is 0 Å². The molecule has 0 bridgehead atoms. The third kappa shape index (κ3) is 3.41. The lowest BCUT2D eigenvalue weighted by atomic mass is 9.92. The highest BCUT2D eigenvalue weighted by Crippen LogP contribution is 2.28. The predicted octanol–water partition coefficient (Wildman–Crippen LogP) is 1.84. The second kappa shape index (κ2) is 6.83. The molecule has 1 fully saturated rings. The highest BCUT2D eigenvalue weighted by molar-refractivity contribution is 8.00. The number of carbonyl (C=O) groups is 1. The lowest BCUT2D eigenvalue weighted by molar-refractivity contribution is -0.140. The number of sulfonamides is 1. The number of fused-ring (bicyclic) bond motifs is 1. The van der Waals surface area contributed by atoms with Gasteiger partial charge >= 0.3 is 5.97 Å². The van der Waals surface area contributed by atoms with Crippen LogP contribution in [-0.2, 0) is 32.4 Å². The van der Waals surface area contributed by atoms with Gasteiger partial charge < -0.3 is 4.74 Å². The molecular formula is C16H21NO4S2. The van der Waals surface area contributed by atoms with Gasteiger partial charge in [0.15, 0.2) is 0 Å². The maximum absolute atomic E-state index is 12.9. The first kappa shape index (κ1) is 16.8. The molecule has 0 radical (unpaired) electrons. The van der Waals surface area contributed by atoms with Gasteiger partial charge in [0.1, 0.15) is 5.25 Å². The fraction of sp³-hybridized carbons (Fsp3) is 0.562. The zero-order chi connectivity index (χ0) is 16.4. The van der Waals surface area contributed by atoms with E-state index in [1.165, 1.54) is 35.2 Å². The van der Waals surface area contributed by atoms with E-state index in [0.29, 0.717) is 17.2 Å². The summed E-state index contributed by atoms with van der Waals surface area (Å²) in [4.78, 5) is 12.0. The molecule has 0 amide bonds. The largest absolute Gasteiger partial charge is 0.468 e. The van der Waals surface area contributed by atoms with Crippen LogP contribution in [0.25, 0.3) is 0 Å². The standard InChI is InChI=1S/C16H21NO4S2/c1-21-16(18)15-11-17(8-9-22-15)23(19,20)14-7-6-12-4-2-3-5-13(12)10-14/h6-7,10,15H,2-5,8-9,11H2,1H3/t15-/m0/s1. The van der Waals surface area contributed by atoms with E-state index in [9.17, 15) is 13.2 Å². The molecule has 7 heteroatoms. The van der Waals surface area contributed by atoms with Crippen LogP contribution >= 0.6 is 11.8 Å². The number of hydrogen-bond acceptors (Lipinski definition) is 5. The van der Waals surface area contributed by atoms with Crippen molar-refractivity contribution < 1.29 is 17.9 Å². The Morgan fingerprint density at radius 3 is 2.74 bits per heavy atom. The van der Waals surface area contributed by atoms with Crippen LogP contribution < -0.4 is 0 Å². The Morgan fingerprint density at radius 2 is 2.00 bits per heavy atom. The number of hydrogen-bond donors (Lipinski definition) is 0. The first-order valence-corrected chi connectivity index (χ1v) is 10.3. The molecule has 0 saturated carbocycles. The smallest absolute Gasteiger partial charge is 0.320 e. The van der Waals surface area contributed by atoms with Crippen molar-refractivity contribution >= 4 is 27.8 Å². The molecule has 2 aliphatic rings. The van der Waals surface area contributed by atoms with Crippen molar-refractivity contribution in [1.29, 1.82) is 0 Å². The highest BCUT2D eigenvalue weighted by Gasteiger charge is 2.34. The van der Waals surface area contributed by atoms with Crippen LogP contribution in [0.1, 0.15) is 24.0 Å². The molecule has 0 aromatic heterocycles. The minimum absolute atomic E-state index is 0.177. The van der Waals surface area contributed by atoms with Crippen LogP contribution in [0.3, 0.4) is 0 Å². The molecule has 1 aliphatic heterocycles. The van der Waals surface area contributed by atoms with Crippen molar-refractivity contribution in [3.05, 3.63) is 29.3 Å². The Morgan fingerprint density at radius 1 is 1.26 bits per heavy atom. The third-order valence-corrected chi connectivity index (χ3v) is 7.47. The van der Waals surface area contributed by atoms with Crippen LogP contribution in [-0.4, -0.2) is 49.9 Å². The monoisotopic (exact) mass is 355 g/mol. The van der Waals surface area contributed by atoms with Crippen LogP contribution in [0, 0.1) is 0 Å². The molecule has 1 heterocycles. The zero-order valence-electron chi connectivity index (χ0n) is 13.2. The maximum Gasteiger partial charge on any atom is 0.320 e. The minimum Gasteiger partial charge on any atom is -0.468 e. The second-order valence-corrected chi connectivity index (χ2v) is 9.13. The van der Waals surface area contributed by atoms with Crippen LogP contribution in [0.15, 0.2) is 23.1 Å². The quantitative estimate of drug-likeness (QED) is 0.774. The average Bonchev–Trinajstić information content (AvgIpc) is 2.60. The maximum atomic E-state index is 12.9. The number of esters is 1. The van der Waals surface area contributed by atoms with Gasteiger partial charge in [-0.2, -0.15) is 4.31 Å². The van der Waals surface area contributed by atoms with E-state index in [0.717, 1.165) is 24.8 Å². The van der Waals surface area contributed by atoms with Gasteiger partial charge in [0.2, 0.25) is 10.0 Å². The Balaban J connectivity index is 1.84. The van der Waals surface area contributed by atoms with Gasteiger partial charge in [0, 0.05) is 18.8 Å². The van der Waals surface area contributed by atoms with Gasteiger partial charge in [-0.1, -0.05) is 6.07 Å². The zero-order valence-corrected chi connectivity index (χ0v) is 14.8. The summed E-state index contributed by atoms with van der Waals surface area (Å²) in [6.45, 7) is 0.605. The Bertz CT molecular complexity index is 702. The summed E-state index contributed by atoms with van der Waals surface area (Å²) in [7, 11) is -2.22. The molecule has 1 saturated heterocycles. The van der Waals surface area contributed by atoms with Crippen LogP contribution in [0.4, 0.5) is 0 Å². The van der Waals surface area contributed by atoms with Crippen molar-refractivity contribution in [1.82, 2.24) is 4.31 Å². The number of carbonyl (C=O) groups excluding carboxylic acids is 1. The van der Waals surface area contributed by atoms with E-state index < -0.39 is 15.3 Å². The van der Waals surface area contributed by atoms with Crippen molar-refractivity contribution in [2.75, 3.05) is 26.0 Å². The summed E-state index contributed by atoms with van der Waals surface area (Å²) >= 11 is 1.45. The summed E-state index contributed by atoms with van der Waals surface area (Å²) in [6.07, 6.45) is 4.25. The number of ether oxygens (including phenoxy) is 1. The number of aryl methyl sites for hydroxylation is 2. The van der Waals surface area contributed by atoms with Gasteiger partial charge in [-0.3, -0.25) is 4.79 Å². The Hall–Kier alpha value is -1.05. The molecule has 0 unspecified atom stereocenters. The number of rotatable bonds is 3. The number of thioether (sulfide) groups is 1. The first-order chi connectivity index (χ1) is 11.0. The molecule has 0 spiro atoms. The van der Waals surface area contributed by atoms with Crippen molar-refractivity contribution in [3.8, 4) is 0 Å². The van der Waals surface area contributed by atoms with Gasteiger partial charge in [0.25, 0.3) is 0 Å². The normalized spacial score (nSPS) is 22.4. The third-order valence-electron chi connectivity index (χ3n) is 4.45. The van der Waals surface area contributed by atoms with Gasteiger partial charge in [0.05, 0.1) is 12.0 Å². The average molecular weight is 355 g/mol. The first-order valence-electron chi connectivity index (χ1n) is 7.84. The molecule has 23 heavy (non-hydrogen) atoms. The molecule has 5 nitrogen and oxygen atoms in total. The Labute approximate surface area is 141 Å². The molecule has 1 aromatic carbocycles. The van der Waals surface area contributed by atoms with Crippen molar-refractivity contribution in [2.45, 2.75) is 35.8 Å². The van der Waals surface area contributed by atoms with E-state index in [1.54, 1.807) is 6.07 Å². The van der Waals surface area contributed by atoms with Crippen molar-refractivity contribution in [3.63, 3.8) is 0 Å². The van der Waals surface area contributed by atoms with E-state index in [2.05, 4.69) is 0 Å². The highest BCUT2D eigenvalue weighted by atomic mass is 32.2. The second-order valence-electron chi connectivity index (χ2n) is 5.88. The lowest BCUT2D eigenvalue weighted by Gasteiger charge is -2.30. The molecular weight excluding hydrogens is 334 g/mol. The van der Waals surface area contributed by atoms with Gasteiger partial charge in [-0.15, -0.1) is 11.8 Å². The SMILES string of the molecule is COC(=O)[C@@H]1CN(S(=O)(=O)c2ccc3c(c2)CCCC3)CCS1. The number of nitrogens with zero attached hydrogens (tertiary/aromatic N) is 1. The number of benzene rings is 1. The van der Waals surface area contributed by atoms with Gasteiger partial charge in [-0.25, -0.2) is 8.42 Å². The molecule has 0 N–H and O–H groups in total. The molecule has 1 atom stereocenters. The van der Waals surface area contributed by atoms with E-state index in [4.69, 9.17) is 4.74 Å². The summed E-state index contributed by atoms with van der Waals surface area (Å²) in [5, 5.41) is -0.443. The Kier molecular flexibility index (Phi) is 4.98. The van der Waals surface area contributed by atoms with Crippen molar-refractivity contribution in [2.24, 2.45) is 0 Å². The number of methoxy groups -OCH3 is 1. The lowest BCUT2D eigenvalue weighted by Crippen LogP contribution is -2.44. The molecule has 1 aliphatic carbocycles. The van der Waals surface area contributed by atoms with E-state index in [-0.39, 0.29) is 12.5 Å². The fourth-order valence-corrected chi connectivity index (χ4v) is 5.98. The summed E-state index contributed by atoms with van der Waals surface area (Å²) in [6, 6.07) is 5.46. The van der Waals surface area contributed by atoms with Crippen LogP contribution in [0.5, 0.6) is 0 Å². The van der Waals surface area contributed by atoms with E-state index >= 15 is 0 Å². The van der Waals surface area contributed by atoms with Gasteiger partial charge in [-0.05, 0) is 48.9 Å². The minimum atomic E-state index is -3.56. The summed E-state index contributed by atoms with van der Waals surface area (Å²) in [5.41, 5.74) is 2.41. The molecule has 1 aromatic rings. The van der Waals surface area contributed by atoms with E-state index in [1.807, 2.05) is 12.1 Å².